The highest BCUT2D eigenvalue weighted by Gasteiger charge is 2.38. The first-order chi connectivity index (χ1) is 6.16. The first kappa shape index (κ1) is 10.9. The van der Waals surface area contributed by atoms with Gasteiger partial charge in [-0.15, -0.1) is 0 Å². The molecule has 1 aliphatic rings. The second kappa shape index (κ2) is 4.91. The standard InChI is InChI=1S/C9H18O4/c1-4-5-6-10-12-9(3)7-8(2)11-13-9/h8H,4-7H2,1-3H3. The second-order valence-electron chi connectivity index (χ2n) is 3.59. The molecule has 0 spiro atoms. The predicted octanol–water partition coefficient (Wildman–Crippen LogP) is 2.19. The first-order valence-electron chi connectivity index (χ1n) is 4.81. The molecule has 1 rings (SSSR count). The van der Waals surface area contributed by atoms with Gasteiger partial charge in [-0.05, 0) is 20.3 Å². The van der Waals surface area contributed by atoms with Crippen LogP contribution in [0.25, 0.3) is 0 Å². The molecule has 78 valence electrons. The van der Waals surface area contributed by atoms with E-state index >= 15 is 0 Å². The van der Waals surface area contributed by atoms with Gasteiger partial charge in [-0.1, -0.05) is 13.3 Å². The third kappa shape index (κ3) is 3.60. The van der Waals surface area contributed by atoms with E-state index in [1.54, 1.807) is 0 Å². The SMILES string of the molecule is CCCCOOC1(C)CC(C)OO1. The number of rotatable bonds is 5. The Balaban J connectivity index is 2.12. The van der Waals surface area contributed by atoms with Crippen LogP contribution in [0.1, 0.15) is 40.0 Å². The normalized spacial score (nSPS) is 33.9. The van der Waals surface area contributed by atoms with Crippen LogP contribution in [0, 0.1) is 0 Å². The monoisotopic (exact) mass is 190 g/mol. The number of hydrogen-bond acceptors (Lipinski definition) is 4. The summed E-state index contributed by atoms with van der Waals surface area (Å²) in [4.78, 5) is 20.0. The van der Waals surface area contributed by atoms with Crippen molar-refractivity contribution in [3.8, 4) is 0 Å². The third-order valence-electron chi connectivity index (χ3n) is 1.86. The molecule has 0 amide bonds. The summed E-state index contributed by atoms with van der Waals surface area (Å²) in [6.45, 7) is 6.44. The molecule has 0 bridgehead atoms. The average molecular weight is 190 g/mol. The van der Waals surface area contributed by atoms with Crippen LogP contribution < -0.4 is 0 Å². The molecule has 1 heterocycles. The minimum Gasteiger partial charge on any atom is -0.234 e. The van der Waals surface area contributed by atoms with E-state index in [9.17, 15) is 0 Å². The molecule has 0 saturated carbocycles. The Labute approximate surface area is 79.0 Å². The van der Waals surface area contributed by atoms with E-state index in [-0.39, 0.29) is 6.10 Å². The van der Waals surface area contributed by atoms with Crippen LogP contribution in [0.5, 0.6) is 0 Å². The Morgan fingerprint density at radius 3 is 2.85 bits per heavy atom. The lowest BCUT2D eigenvalue weighted by molar-refractivity contribution is -0.475. The summed E-state index contributed by atoms with van der Waals surface area (Å²) in [5.41, 5.74) is 0. The smallest absolute Gasteiger partial charge is 0.233 e. The zero-order valence-electron chi connectivity index (χ0n) is 8.54. The quantitative estimate of drug-likeness (QED) is 0.378. The van der Waals surface area contributed by atoms with Crippen LogP contribution in [0.2, 0.25) is 0 Å². The van der Waals surface area contributed by atoms with Crippen molar-refractivity contribution >= 4 is 0 Å². The van der Waals surface area contributed by atoms with E-state index in [0.717, 1.165) is 12.8 Å². The van der Waals surface area contributed by atoms with Gasteiger partial charge in [0.25, 0.3) is 0 Å². The lowest BCUT2D eigenvalue weighted by Gasteiger charge is -2.18. The molecule has 2 unspecified atom stereocenters. The zero-order chi connectivity index (χ0) is 9.73. The highest BCUT2D eigenvalue weighted by molar-refractivity contribution is 4.68. The van der Waals surface area contributed by atoms with Crippen molar-refractivity contribution in [3.63, 3.8) is 0 Å². The van der Waals surface area contributed by atoms with E-state index < -0.39 is 5.79 Å². The van der Waals surface area contributed by atoms with Gasteiger partial charge < -0.3 is 0 Å². The molecule has 4 nitrogen and oxygen atoms in total. The topological polar surface area (TPSA) is 36.9 Å². The summed E-state index contributed by atoms with van der Waals surface area (Å²) < 4.78 is 0. The van der Waals surface area contributed by atoms with Crippen LogP contribution >= 0.6 is 0 Å². The maximum atomic E-state index is 5.12. The molecule has 0 aromatic heterocycles. The zero-order valence-corrected chi connectivity index (χ0v) is 8.54. The summed E-state index contributed by atoms with van der Waals surface area (Å²) in [6, 6.07) is 0. The van der Waals surface area contributed by atoms with Crippen molar-refractivity contribution in [2.45, 2.75) is 51.9 Å². The van der Waals surface area contributed by atoms with Gasteiger partial charge >= 0.3 is 0 Å². The molecule has 1 saturated heterocycles. The van der Waals surface area contributed by atoms with Crippen molar-refractivity contribution < 1.29 is 19.6 Å². The van der Waals surface area contributed by atoms with Gasteiger partial charge in [-0.25, -0.2) is 9.78 Å². The van der Waals surface area contributed by atoms with Crippen molar-refractivity contribution in [2.75, 3.05) is 6.61 Å². The summed E-state index contributed by atoms with van der Waals surface area (Å²) in [5, 5.41) is 0. The average Bonchev–Trinajstić information content (AvgIpc) is 2.41. The molecule has 0 N–H and O–H groups in total. The van der Waals surface area contributed by atoms with Gasteiger partial charge in [-0.3, -0.25) is 0 Å². The third-order valence-corrected chi connectivity index (χ3v) is 1.86. The Morgan fingerprint density at radius 1 is 1.54 bits per heavy atom. The van der Waals surface area contributed by atoms with Gasteiger partial charge in [0.1, 0.15) is 0 Å². The van der Waals surface area contributed by atoms with E-state index in [1.807, 2.05) is 13.8 Å². The van der Waals surface area contributed by atoms with Crippen molar-refractivity contribution in [2.24, 2.45) is 0 Å². The van der Waals surface area contributed by atoms with Gasteiger partial charge in [0.05, 0.1) is 12.7 Å². The van der Waals surface area contributed by atoms with Gasteiger partial charge in [0.2, 0.25) is 5.79 Å². The second-order valence-corrected chi connectivity index (χ2v) is 3.59. The molecular weight excluding hydrogens is 172 g/mol. The molecule has 0 aromatic rings. The van der Waals surface area contributed by atoms with Crippen LogP contribution in [-0.4, -0.2) is 18.5 Å². The van der Waals surface area contributed by atoms with Crippen molar-refractivity contribution in [1.82, 2.24) is 0 Å². The molecule has 0 aliphatic carbocycles. The summed E-state index contributed by atoms with van der Waals surface area (Å²) in [5.74, 6) is -0.729. The minimum absolute atomic E-state index is 0.0692. The summed E-state index contributed by atoms with van der Waals surface area (Å²) >= 11 is 0. The summed E-state index contributed by atoms with van der Waals surface area (Å²) in [6.07, 6.45) is 2.85. The molecular formula is C9H18O4. The summed E-state index contributed by atoms with van der Waals surface area (Å²) in [7, 11) is 0. The van der Waals surface area contributed by atoms with Gasteiger partial charge in [0.15, 0.2) is 0 Å². The van der Waals surface area contributed by atoms with Gasteiger partial charge in [0, 0.05) is 6.42 Å². The Kier molecular flexibility index (Phi) is 4.12. The molecule has 2 atom stereocenters. The Morgan fingerprint density at radius 2 is 2.31 bits per heavy atom. The molecule has 0 radical (unpaired) electrons. The molecule has 4 heteroatoms. The van der Waals surface area contributed by atoms with Crippen LogP contribution in [0.4, 0.5) is 0 Å². The Bertz CT molecular complexity index is 151. The molecule has 1 fully saturated rings. The van der Waals surface area contributed by atoms with Gasteiger partial charge in [-0.2, -0.15) is 9.78 Å². The fourth-order valence-corrected chi connectivity index (χ4v) is 1.19. The van der Waals surface area contributed by atoms with Crippen LogP contribution in [0.15, 0.2) is 0 Å². The van der Waals surface area contributed by atoms with Crippen LogP contribution in [-0.2, 0) is 19.6 Å². The predicted molar refractivity (Wildman–Crippen MR) is 46.6 cm³/mol. The Hall–Kier alpha value is -0.160. The number of hydrogen-bond donors (Lipinski definition) is 0. The number of unbranched alkanes of at least 4 members (excludes halogenated alkanes) is 1. The maximum Gasteiger partial charge on any atom is 0.233 e. The van der Waals surface area contributed by atoms with E-state index in [2.05, 4.69) is 6.92 Å². The highest BCUT2D eigenvalue weighted by Crippen LogP contribution is 2.28. The van der Waals surface area contributed by atoms with Crippen LogP contribution in [0.3, 0.4) is 0 Å². The lowest BCUT2D eigenvalue weighted by atomic mass is 10.2. The fourth-order valence-electron chi connectivity index (χ4n) is 1.19. The highest BCUT2D eigenvalue weighted by atomic mass is 17.3. The first-order valence-corrected chi connectivity index (χ1v) is 4.81. The fraction of sp³-hybridized carbons (Fsp3) is 1.00. The molecule has 13 heavy (non-hydrogen) atoms. The minimum atomic E-state index is -0.729. The largest absolute Gasteiger partial charge is 0.234 e. The molecule has 1 aliphatic heterocycles. The van der Waals surface area contributed by atoms with E-state index in [4.69, 9.17) is 19.6 Å². The van der Waals surface area contributed by atoms with Crippen molar-refractivity contribution in [3.05, 3.63) is 0 Å². The lowest BCUT2D eigenvalue weighted by Crippen LogP contribution is -2.27. The maximum absolute atomic E-state index is 5.12. The molecule has 0 aromatic carbocycles. The van der Waals surface area contributed by atoms with E-state index in [1.165, 1.54) is 0 Å². The van der Waals surface area contributed by atoms with E-state index in [0.29, 0.717) is 13.0 Å². The van der Waals surface area contributed by atoms with Crippen molar-refractivity contribution in [1.29, 1.82) is 0 Å².